The number of carbonyl (C=O) groups excluding carboxylic acids is 1. The smallest absolute Gasteiger partial charge is 0.233 e. The van der Waals surface area contributed by atoms with E-state index in [-0.39, 0.29) is 17.5 Å². The first kappa shape index (κ1) is 19.7. The van der Waals surface area contributed by atoms with Crippen molar-refractivity contribution in [2.45, 2.75) is 18.4 Å². The van der Waals surface area contributed by atoms with Gasteiger partial charge < -0.3 is 9.64 Å². The van der Waals surface area contributed by atoms with Crippen molar-refractivity contribution in [2.24, 2.45) is 0 Å². The number of methoxy groups -OCH3 is 1. The van der Waals surface area contributed by atoms with Crippen LogP contribution in [-0.2, 0) is 11.3 Å². The van der Waals surface area contributed by atoms with Gasteiger partial charge in [-0.2, -0.15) is 0 Å². The highest BCUT2D eigenvalue weighted by Gasteiger charge is 2.21. The maximum Gasteiger partial charge on any atom is 0.233 e. The summed E-state index contributed by atoms with van der Waals surface area (Å²) in [4.78, 5) is 17.8. The van der Waals surface area contributed by atoms with Gasteiger partial charge in [-0.05, 0) is 36.2 Å². The zero-order valence-electron chi connectivity index (χ0n) is 15.8. The molecule has 27 heavy (non-hydrogen) atoms. The molecule has 1 amide bonds. The number of hydrogen-bond acceptors (Lipinski definition) is 4. The van der Waals surface area contributed by atoms with Gasteiger partial charge in [-0.15, -0.1) is 11.8 Å². The second-order valence-corrected chi connectivity index (χ2v) is 7.70. The van der Waals surface area contributed by atoms with E-state index in [2.05, 4.69) is 24.0 Å². The Hall–Kier alpha value is -2.05. The van der Waals surface area contributed by atoms with Crippen molar-refractivity contribution in [1.82, 2.24) is 9.80 Å². The third-order valence-electron chi connectivity index (χ3n) is 4.79. The molecule has 1 heterocycles. The second-order valence-electron chi connectivity index (χ2n) is 6.68. The van der Waals surface area contributed by atoms with Crippen LogP contribution < -0.4 is 4.74 Å². The van der Waals surface area contributed by atoms with Crippen molar-refractivity contribution in [3.8, 4) is 5.75 Å². The maximum atomic E-state index is 13.8. The number of thioether (sulfide) groups is 1. The topological polar surface area (TPSA) is 32.8 Å². The van der Waals surface area contributed by atoms with Gasteiger partial charge in [0.25, 0.3) is 0 Å². The molecule has 0 radical (unpaired) electrons. The highest BCUT2D eigenvalue weighted by molar-refractivity contribution is 8.00. The summed E-state index contributed by atoms with van der Waals surface area (Å²) in [7, 11) is 1.46. The average molecular weight is 389 g/mol. The summed E-state index contributed by atoms with van der Waals surface area (Å²) in [5.74, 6) is 0.574. The van der Waals surface area contributed by atoms with Crippen LogP contribution in [0.2, 0.25) is 0 Å². The lowest BCUT2D eigenvalue weighted by molar-refractivity contribution is -0.130. The zero-order valence-corrected chi connectivity index (χ0v) is 16.6. The minimum Gasteiger partial charge on any atom is -0.494 e. The van der Waals surface area contributed by atoms with Crippen molar-refractivity contribution in [3.05, 3.63) is 59.4 Å². The Morgan fingerprint density at radius 2 is 1.89 bits per heavy atom. The van der Waals surface area contributed by atoms with E-state index in [9.17, 15) is 9.18 Å². The largest absolute Gasteiger partial charge is 0.494 e. The summed E-state index contributed by atoms with van der Waals surface area (Å²) in [6.07, 6.45) is 0. The first-order chi connectivity index (χ1) is 13.1. The van der Waals surface area contributed by atoms with E-state index in [1.165, 1.54) is 18.7 Å². The van der Waals surface area contributed by atoms with E-state index in [1.807, 2.05) is 23.1 Å². The van der Waals surface area contributed by atoms with Gasteiger partial charge >= 0.3 is 0 Å². The molecule has 2 aromatic rings. The van der Waals surface area contributed by atoms with Crippen molar-refractivity contribution < 1.29 is 13.9 Å². The van der Waals surface area contributed by atoms with E-state index >= 15 is 0 Å². The molecule has 6 heteroatoms. The van der Waals surface area contributed by atoms with Crippen LogP contribution in [0.5, 0.6) is 5.75 Å². The van der Waals surface area contributed by atoms with Crippen LogP contribution in [0.1, 0.15) is 11.1 Å². The van der Waals surface area contributed by atoms with Gasteiger partial charge in [-0.25, -0.2) is 4.39 Å². The fraction of sp³-hybridized carbons (Fsp3) is 0.381. The lowest BCUT2D eigenvalue weighted by Crippen LogP contribution is -2.48. The standard InChI is InChI=1S/C21H25FN2O2S/c1-16-5-3-4-6-20(16)27-15-21(25)24-11-9-23(10-12-24)14-17-7-8-19(26-2)18(22)13-17/h3-8,13H,9-12,14-15H2,1-2H3. The number of carbonyl (C=O) groups is 1. The summed E-state index contributed by atoms with van der Waals surface area (Å²) in [6.45, 7) is 5.77. The van der Waals surface area contributed by atoms with Crippen LogP contribution in [-0.4, -0.2) is 54.7 Å². The van der Waals surface area contributed by atoms with Crippen molar-refractivity contribution in [3.63, 3.8) is 0 Å². The molecule has 144 valence electrons. The Balaban J connectivity index is 1.46. The predicted octanol–water partition coefficient (Wildman–Crippen LogP) is 3.58. The summed E-state index contributed by atoms with van der Waals surface area (Å²) < 4.78 is 18.8. The monoisotopic (exact) mass is 388 g/mol. The minimum absolute atomic E-state index is 0.179. The first-order valence-corrected chi connectivity index (χ1v) is 10.1. The lowest BCUT2D eigenvalue weighted by Gasteiger charge is -2.34. The van der Waals surface area contributed by atoms with Gasteiger partial charge in [0.15, 0.2) is 11.6 Å². The van der Waals surface area contributed by atoms with Crippen LogP contribution in [0.15, 0.2) is 47.4 Å². The highest BCUT2D eigenvalue weighted by Crippen LogP contribution is 2.23. The van der Waals surface area contributed by atoms with Crippen LogP contribution in [0.3, 0.4) is 0 Å². The minimum atomic E-state index is -0.336. The molecule has 3 rings (SSSR count). The van der Waals surface area contributed by atoms with Gasteiger partial charge in [-0.1, -0.05) is 24.3 Å². The van der Waals surface area contributed by atoms with Crippen LogP contribution >= 0.6 is 11.8 Å². The molecular weight excluding hydrogens is 363 g/mol. The molecule has 1 aliphatic rings. The number of nitrogens with zero attached hydrogens (tertiary/aromatic N) is 2. The van der Waals surface area contributed by atoms with Crippen LogP contribution in [0.25, 0.3) is 0 Å². The molecule has 1 aliphatic heterocycles. The average Bonchev–Trinajstić information content (AvgIpc) is 2.68. The SMILES string of the molecule is COc1ccc(CN2CCN(C(=O)CSc3ccccc3C)CC2)cc1F. The van der Waals surface area contributed by atoms with E-state index in [0.717, 1.165) is 23.5 Å². The Labute approximate surface area is 164 Å². The Morgan fingerprint density at radius 3 is 2.56 bits per heavy atom. The van der Waals surface area contributed by atoms with Crippen LogP contribution in [0.4, 0.5) is 4.39 Å². The van der Waals surface area contributed by atoms with Crippen molar-refractivity contribution in [1.29, 1.82) is 0 Å². The number of amides is 1. The number of rotatable bonds is 6. The first-order valence-electron chi connectivity index (χ1n) is 9.08. The summed E-state index contributed by atoms with van der Waals surface area (Å²) in [5.41, 5.74) is 2.12. The lowest BCUT2D eigenvalue weighted by atomic mass is 10.2. The van der Waals surface area contributed by atoms with E-state index in [4.69, 9.17) is 4.74 Å². The predicted molar refractivity (Wildman–Crippen MR) is 107 cm³/mol. The highest BCUT2D eigenvalue weighted by atomic mass is 32.2. The molecule has 4 nitrogen and oxygen atoms in total. The number of hydrogen-bond donors (Lipinski definition) is 0. The van der Waals surface area contributed by atoms with Gasteiger partial charge in [0.05, 0.1) is 12.9 Å². The molecule has 2 aromatic carbocycles. The maximum absolute atomic E-state index is 13.8. The number of halogens is 1. The Bertz CT molecular complexity index is 792. The van der Waals surface area contributed by atoms with Gasteiger partial charge in [0.1, 0.15) is 0 Å². The van der Waals surface area contributed by atoms with E-state index in [0.29, 0.717) is 25.4 Å². The molecule has 0 atom stereocenters. The zero-order chi connectivity index (χ0) is 19.2. The van der Waals surface area contributed by atoms with Crippen LogP contribution in [0, 0.1) is 12.7 Å². The van der Waals surface area contributed by atoms with E-state index < -0.39 is 0 Å². The number of piperazine rings is 1. The Morgan fingerprint density at radius 1 is 1.15 bits per heavy atom. The molecule has 0 spiro atoms. The van der Waals surface area contributed by atoms with Crippen molar-refractivity contribution in [2.75, 3.05) is 39.0 Å². The molecule has 0 N–H and O–H groups in total. The fourth-order valence-electron chi connectivity index (χ4n) is 3.17. The van der Waals surface area contributed by atoms with Gasteiger partial charge in [0.2, 0.25) is 5.91 Å². The summed E-state index contributed by atoms with van der Waals surface area (Å²) in [5, 5.41) is 0. The normalized spacial score (nSPS) is 15.0. The van der Waals surface area contributed by atoms with Gasteiger partial charge in [0, 0.05) is 37.6 Å². The number of benzene rings is 2. The number of ether oxygens (including phenoxy) is 1. The molecule has 0 aliphatic carbocycles. The molecule has 0 aromatic heterocycles. The molecular formula is C21H25FN2O2S. The van der Waals surface area contributed by atoms with Gasteiger partial charge in [-0.3, -0.25) is 9.69 Å². The third-order valence-corrected chi connectivity index (χ3v) is 5.95. The van der Waals surface area contributed by atoms with E-state index in [1.54, 1.807) is 17.8 Å². The molecule has 0 bridgehead atoms. The third kappa shape index (κ3) is 5.23. The molecule has 1 saturated heterocycles. The Kier molecular flexibility index (Phi) is 6.74. The molecule has 1 fully saturated rings. The molecule has 0 saturated carbocycles. The molecule has 0 unspecified atom stereocenters. The van der Waals surface area contributed by atoms with Crippen molar-refractivity contribution >= 4 is 17.7 Å². The summed E-state index contributed by atoms with van der Waals surface area (Å²) in [6, 6.07) is 13.2. The quantitative estimate of drug-likeness (QED) is 0.708. The second kappa shape index (κ2) is 9.24. The summed E-state index contributed by atoms with van der Waals surface area (Å²) >= 11 is 1.60. The number of aryl methyl sites for hydroxylation is 1. The fourth-order valence-corrected chi connectivity index (χ4v) is 4.10.